The summed E-state index contributed by atoms with van der Waals surface area (Å²) in [6.45, 7) is 2.87. The minimum atomic E-state index is -0.0482. The third-order valence-corrected chi connectivity index (χ3v) is 8.03. The van der Waals surface area contributed by atoms with Crippen molar-refractivity contribution in [2.75, 3.05) is 6.61 Å². The average molecular weight is 290 g/mol. The summed E-state index contributed by atoms with van der Waals surface area (Å²) in [5.41, 5.74) is 0.560. The molecule has 0 unspecified atom stereocenters. The molecule has 0 saturated heterocycles. The topological polar surface area (TPSA) is 40.5 Å². The lowest BCUT2D eigenvalue weighted by molar-refractivity contribution is -0.125. The lowest BCUT2D eigenvalue weighted by atomic mass is 9.45. The Labute approximate surface area is 128 Å². The smallest absolute Gasteiger partial charge is 0.0543 e. The van der Waals surface area contributed by atoms with Crippen molar-refractivity contribution in [2.24, 2.45) is 34.5 Å². The van der Waals surface area contributed by atoms with Crippen molar-refractivity contribution in [3.8, 4) is 0 Å². The van der Waals surface area contributed by atoms with Crippen LogP contribution in [0.2, 0.25) is 0 Å². The van der Waals surface area contributed by atoms with Gasteiger partial charge in [0.15, 0.2) is 0 Å². The van der Waals surface area contributed by atoms with Crippen LogP contribution in [0, 0.1) is 34.5 Å². The largest absolute Gasteiger partial charge is 0.395 e. The van der Waals surface area contributed by atoms with E-state index in [-0.39, 0.29) is 11.5 Å². The number of hydrogen-bond acceptors (Lipinski definition) is 2. The summed E-state index contributed by atoms with van der Waals surface area (Å²) in [6, 6.07) is 0. The molecule has 4 aliphatic carbocycles. The lowest BCUT2D eigenvalue weighted by Crippen LogP contribution is -2.54. The van der Waals surface area contributed by atoms with Gasteiger partial charge in [0.05, 0.1) is 12.7 Å². The highest BCUT2D eigenvalue weighted by Gasteiger charge is 2.57. The van der Waals surface area contributed by atoms with E-state index < -0.39 is 0 Å². The van der Waals surface area contributed by atoms with Crippen LogP contribution in [-0.4, -0.2) is 22.9 Å². The maximum atomic E-state index is 10.0. The van der Waals surface area contributed by atoms with E-state index in [1.165, 1.54) is 38.5 Å². The molecule has 0 radical (unpaired) electrons. The quantitative estimate of drug-likeness (QED) is 0.725. The van der Waals surface area contributed by atoms with Gasteiger partial charge in [-0.2, -0.15) is 0 Å². The number of hydrogen-bond donors (Lipinski definition) is 2. The number of fused-ring (bicyclic) bond motifs is 5. The second-order valence-electron chi connectivity index (χ2n) is 8.65. The van der Waals surface area contributed by atoms with Crippen LogP contribution in [0.25, 0.3) is 0 Å². The van der Waals surface area contributed by atoms with Crippen LogP contribution >= 0.6 is 0 Å². The first kappa shape index (κ1) is 14.3. The lowest BCUT2D eigenvalue weighted by Gasteiger charge is -2.60. The van der Waals surface area contributed by atoms with Crippen molar-refractivity contribution in [2.45, 2.75) is 64.4 Å². The summed E-state index contributed by atoms with van der Waals surface area (Å²) >= 11 is 0. The summed E-state index contributed by atoms with van der Waals surface area (Å²) in [5.74, 6) is 3.05. The van der Waals surface area contributed by atoms with E-state index in [2.05, 4.69) is 19.1 Å². The number of rotatable bonds is 1. The first-order chi connectivity index (χ1) is 10.1. The highest BCUT2D eigenvalue weighted by Crippen LogP contribution is 2.64. The maximum absolute atomic E-state index is 10.0. The van der Waals surface area contributed by atoms with Gasteiger partial charge in [-0.1, -0.05) is 19.1 Å². The van der Waals surface area contributed by atoms with E-state index in [0.717, 1.165) is 30.6 Å². The van der Waals surface area contributed by atoms with Crippen LogP contribution in [-0.2, 0) is 0 Å². The van der Waals surface area contributed by atoms with Gasteiger partial charge in [0.25, 0.3) is 0 Å². The van der Waals surface area contributed by atoms with Crippen LogP contribution in [0.3, 0.4) is 0 Å². The van der Waals surface area contributed by atoms with Gasteiger partial charge in [0.1, 0.15) is 0 Å². The predicted octanol–water partition coefficient (Wildman–Crippen LogP) is 3.53. The molecule has 3 fully saturated rings. The normalized spacial score (nSPS) is 55.7. The van der Waals surface area contributed by atoms with Gasteiger partial charge in [0.2, 0.25) is 0 Å². The summed E-state index contributed by atoms with van der Waals surface area (Å²) in [7, 11) is 0. The van der Waals surface area contributed by atoms with Crippen LogP contribution in [0.4, 0.5) is 0 Å². The molecule has 0 spiro atoms. The van der Waals surface area contributed by atoms with Gasteiger partial charge in [0, 0.05) is 5.41 Å². The van der Waals surface area contributed by atoms with Gasteiger partial charge in [-0.05, 0) is 80.5 Å². The molecule has 0 heterocycles. The van der Waals surface area contributed by atoms with E-state index in [1.54, 1.807) is 0 Å². The molecule has 0 aromatic heterocycles. The van der Waals surface area contributed by atoms with E-state index >= 15 is 0 Å². The first-order valence-electron chi connectivity index (χ1n) is 9.06. The molecule has 21 heavy (non-hydrogen) atoms. The zero-order valence-electron chi connectivity index (χ0n) is 13.3. The molecule has 0 aliphatic heterocycles. The molecule has 0 aromatic carbocycles. The molecule has 118 valence electrons. The van der Waals surface area contributed by atoms with Crippen molar-refractivity contribution in [1.29, 1.82) is 0 Å². The predicted molar refractivity (Wildman–Crippen MR) is 83.7 cm³/mol. The van der Waals surface area contributed by atoms with Crippen LogP contribution in [0.15, 0.2) is 12.2 Å². The van der Waals surface area contributed by atoms with Crippen molar-refractivity contribution in [1.82, 2.24) is 0 Å². The van der Waals surface area contributed by atoms with Gasteiger partial charge in [-0.15, -0.1) is 0 Å². The molecular weight excluding hydrogens is 260 g/mol. The molecule has 2 heteroatoms. The molecular formula is C19H30O2. The van der Waals surface area contributed by atoms with Crippen LogP contribution in [0.1, 0.15) is 58.3 Å². The molecule has 7 atom stereocenters. The van der Waals surface area contributed by atoms with Crippen molar-refractivity contribution in [3.05, 3.63) is 12.2 Å². The Morgan fingerprint density at radius 2 is 1.95 bits per heavy atom. The molecule has 2 N–H and O–H groups in total. The molecule has 3 saturated carbocycles. The fourth-order valence-corrected chi connectivity index (χ4v) is 6.79. The number of aliphatic hydroxyl groups excluding tert-OH is 2. The third-order valence-electron chi connectivity index (χ3n) is 8.03. The molecule has 4 rings (SSSR count). The maximum Gasteiger partial charge on any atom is 0.0543 e. The Morgan fingerprint density at radius 1 is 1.10 bits per heavy atom. The van der Waals surface area contributed by atoms with E-state index in [1.807, 2.05) is 0 Å². The molecule has 0 amide bonds. The molecule has 0 aromatic rings. The summed E-state index contributed by atoms with van der Waals surface area (Å²) in [4.78, 5) is 0. The first-order valence-corrected chi connectivity index (χ1v) is 9.06. The minimum Gasteiger partial charge on any atom is -0.395 e. The molecule has 2 nitrogen and oxygen atoms in total. The molecule has 4 aliphatic rings. The van der Waals surface area contributed by atoms with Crippen LogP contribution < -0.4 is 0 Å². The number of allylic oxidation sites excluding steroid dienone is 1. The van der Waals surface area contributed by atoms with Gasteiger partial charge in [-0.25, -0.2) is 0 Å². The standard InChI is InChI=1S/C19H30O2/c1-18-9-6-14(21)11-13(18)4-5-15-16(18)7-10-19(12-20)8-2-3-17(15)19/h2,8,13-17,20-21H,3-7,9-12H2,1H3/t13-,14+,15+,16-,17-,18-,19-/m0/s1. The van der Waals surface area contributed by atoms with Gasteiger partial charge < -0.3 is 10.2 Å². The SMILES string of the molecule is C[C@]12CC[C@@H](O)C[C@@H]1CC[C@H]1[C@@H]3CC=C[C@@]3(CO)CC[C@@H]12. The second kappa shape index (κ2) is 4.83. The minimum absolute atomic E-state index is 0.0482. The Kier molecular flexibility index (Phi) is 3.28. The Hall–Kier alpha value is -0.340. The zero-order chi connectivity index (χ0) is 14.7. The highest BCUT2D eigenvalue weighted by molar-refractivity contribution is 5.17. The van der Waals surface area contributed by atoms with Gasteiger partial charge >= 0.3 is 0 Å². The summed E-state index contributed by atoms with van der Waals surface area (Å²) in [6.07, 6.45) is 14.2. The van der Waals surface area contributed by atoms with E-state index in [4.69, 9.17) is 0 Å². The summed E-state index contributed by atoms with van der Waals surface area (Å²) in [5, 5.41) is 20.0. The highest BCUT2D eigenvalue weighted by atomic mass is 16.3. The van der Waals surface area contributed by atoms with Gasteiger partial charge in [-0.3, -0.25) is 0 Å². The van der Waals surface area contributed by atoms with E-state index in [0.29, 0.717) is 17.9 Å². The Morgan fingerprint density at radius 3 is 2.76 bits per heavy atom. The van der Waals surface area contributed by atoms with E-state index in [9.17, 15) is 10.2 Å². The Bertz CT molecular complexity index is 445. The zero-order valence-corrected chi connectivity index (χ0v) is 13.3. The average Bonchev–Trinajstić information content (AvgIpc) is 2.92. The number of aliphatic hydroxyl groups is 2. The molecule has 0 bridgehead atoms. The van der Waals surface area contributed by atoms with Crippen molar-refractivity contribution >= 4 is 0 Å². The van der Waals surface area contributed by atoms with Crippen molar-refractivity contribution < 1.29 is 10.2 Å². The monoisotopic (exact) mass is 290 g/mol. The van der Waals surface area contributed by atoms with Crippen molar-refractivity contribution in [3.63, 3.8) is 0 Å². The van der Waals surface area contributed by atoms with Crippen LogP contribution in [0.5, 0.6) is 0 Å². The summed E-state index contributed by atoms with van der Waals surface area (Å²) < 4.78 is 0. The Balaban J connectivity index is 1.62. The third kappa shape index (κ3) is 1.91. The second-order valence-corrected chi connectivity index (χ2v) is 8.65. The fourth-order valence-electron chi connectivity index (χ4n) is 6.79. The fraction of sp³-hybridized carbons (Fsp3) is 0.895.